The number of hydrogen-bond donors (Lipinski definition) is 2. The van der Waals surface area contributed by atoms with Crippen molar-refractivity contribution in [3.8, 4) is 0 Å². The summed E-state index contributed by atoms with van der Waals surface area (Å²) in [5.74, 6) is 0.556. The fraction of sp³-hybridized carbons (Fsp3) is 0.833. The first kappa shape index (κ1) is 13.4. The smallest absolute Gasteiger partial charge is 0.223 e. The number of carbonyl (C=O) groups excluding carboxylic acids is 1. The van der Waals surface area contributed by atoms with Crippen LogP contribution in [-0.4, -0.2) is 16.9 Å². The van der Waals surface area contributed by atoms with E-state index in [4.69, 9.17) is 18.0 Å². The van der Waals surface area contributed by atoms with E-state index in [-0.39, 0.29) is 23.8 Å². The first-order valence-electron chi connectivity index (χ1n) is 6.12. The summed E-state index contributed by atoms with van der Waals surface area (Å²) in [6.07, 6.45) is 5.60. The van der Waals surface area contributed by atoms with Gasteiger partial charge in [-0.15, -0.1) is 0 Å². The highest BCUT2D eigenvalue weighted by Gasteiger charge is 2.25. The Bertz CT molecular complexity index is 260. The van der Waals surface area contributed by atoms with Crippen LogP contribution in [0.15, 0.2) is 0 Å². The van der Waals surface area contributed by atoms with Crippen LogP contribution in [0.1, 0.15) is 46.0 Å². The van der Waals surface area contributed by atoms with Gasteiger partial charge >= 0.3 is 0 Å². The topological polar surface area (TPSA) is 55.1 Å². The summed E-state index contributed by atoms with van der Waals surface area (Å²) in [6, 6.07) is -0.163. The van der Waals surface area contributed by atoms with Crippen LogP contribution in [-0.2, 0) is 4.79 Å². The minimum atomic E-state index is -0.163. The molecule has 1 aliphatic carbocycles. The molecule has 16 heavy (non-hydrogen) atoms. The highest BCUT2D eigenvalue weighted by molar-refractivity contribution is 7.80. The van der Waals surface area contributed by atoms with Gasteiger partial charge in [0.25, 0.3) is 0 Å². The number of thiocarbonyl (C=S) groups is 1. The van der Waals surface area contributed by atoms with E-state index in [0.29, 0.717) is 4.99 Å². The molecule has 1 aliphatic rings. The van der Waals surface area contributed by atoms with Gasteiger partial charge in [-0.3, -0.25) is 4.79 Å². The Labute approximate surface area is 103 Å². The summed E-state index contributed by atoms with van der Waals surface area (Å²) < 4.78 is 0. The van der Waals surface area contributed by atoms with Gasteiger partial charge < -0.3 is 11.1 Å². The molecule has 1 fully saturated rings. The van der Waals surface area contributed by atoms with E-state index in [1.807, 2.05) is 13.8 Å². The molecule has 0 aromatic carbocycles. The Hall–Kier alpha value is -0.640. The van der Waals surface area contributed by atoms with E-state index < -0.39 is 0 Å². The third-order valence-electron chi connectivity index (χ3n) is 3.25. The van der Waals surface area contributed by atoms with E-state index >= 15 is 0 Å². The molecular formula is C12H22N2OS. The lowest BCUT2D eigenvalue weighted by Crippen LogP contribution is -2.49. The number of carbonyl (C=O) groups is 1. The maximum Gasteiger partial charge on any atom is 0.223 e. The highest BCUT2D eigenvalue weighted by Crippen LogP contribution is 2.23. The van der Waals surface area contributed by atoms with Crippen molar-refractivity contribution >= 4 is 23.1 Å². The summed E-state index contributed by atoms with van der Waals surface area (Å²) in [4.78, 5) is 12.4. The molecule has 1 rings (SSSR count). The van der Waals surface area contributed by atoms with Crippen LogP contribution in [0.2, 0.25) is 0 Å². The Kier molecular flexibility index (Phi) is 5.19. The number of rotatable bonds is 4. The predicted octanol–water partition coefficient (Wildman–Crippen LogP) is 1.99. The Morgan fingerprint density at radius 2 is 1.88 bits per heavy atom. The van der Waals surface area contributed by atoms with Gasteiger partial charge in [0.05, 0.1) is 11.0 Å². The first-order chi connectivity index (χ1) is 7.52. The first-order valence-corrected chi connectivity index (χ1v) is 6.53. The molecule has 0 aliphatic heterocycles. The average Bonchev–Trinajstić information content (AvgIpc) is 2.25. The molecule has 1 amide bonds. The molecule has 3 N–H and O–H groups in total. The Morgan fingerprint density at radius 3 is 2.31 bits per heavy atom. The van der Waals surface area contributed by atoms with Crippen molar-refractivity contribution in [2.75, 3.05) is 0 Å². The summed E-state index contributed by atoms with van der Waals surface area (Å²) in [5.41, 5.74) is 5.63. The summed E-state index contributed by atoms with van der Waals surface area (Å²) in [6.45, 7) is 4.04. The molecular weight excluding hydrogens is 220 g/mol. The normalized spacial score (nSPS) is 19.4. The lowest BCUT2D eigenvalue weighted by molar-refractivity contribution is -0.126. The molecule has 0 aromatic rings. The van der Waals surface area contributed by atoms with Crippen LogP contribution in [0.5, 0.6) is 0 Å². The van der Waals surface area contributed by atoms with Crippen LogP contribution >= 0.6 is 12.2 Å². The van der Waals surface area contributed by atoms with Crippen molar-refractivity contribution in [2.45, 2.75) is 52.0 Å². The molecule has 3 nitrogen and oxygen atoms in total. The standard InChI is InChI=1S/C12H22N2OS/c1-8(2)10(11(13)16)14-12(15)9-6-4-3-5-7-9/h8-10H,3-7H2,1-2H3,(H2,13,16)(H,14,15). The van der Waals surface area contributed by atoms with E-state index in [0.717, 1.165) is 25.7 Å². The fourth-order valence-electron chi connectivity index (χ4n) is 2.20. The Morgan fingerprint density at radius 1 is 1.31 bits per heavy atom. The molecule has 1 unspecified atom stereocenters. The van der Waals surface area contributed by atoms with Gasteiger partial charge in [0.2, 0.25) is 5.91 Å². The molecule has 0 radical (unpaired) electrons. The molecule has 0 bridgehead atoms. The highest BCUT2D eigenvalue weighted by atomic mass is 32.1. The maximum atomic E-state index is 12.0. The second kappa shape index (κ2) is 6.18. The lowest BCUT2D eigenvalue weighted by Gasteiger charge is -2.26. The third-order valence-corrected chi connectivity index (χ3v) is 3.50. The molecule has 1 saturated carbocycles. The van der Waals surface area contributed by atoms with E-state index in [2.05, 4.69) is 5.32 Å². The van der Waals surface area contributed by atoms with Gasteiger partial charge in [0, 0.05) is 5.92 Å². The van der Waals surface area contributed by atoms with Gasteiger partial charge in [-0.25, -0.2) is 0 Å². The number of nitrogens with one attached hydrogen (secondary N) is 1. The van der Waals surface area contributed by atoms with E-state index in [1.54, 1.807) is 0 Å². The molecule has 92 valence electrons. The SMILES string of the molecule is CC(C)C(NC(=O)C1CCCCC1)C(N)=S. The van der Waals surface area contributed by atoms with Gasteiger partial charge in [-0.1, -0.05) is 45.3 Å². The van der Waals surface area contributed by atoms with Gasteiger partial charge in [-0.05, 0) is 18.8 Å². The molecule has 0 spiro atoms. The van der Waals surface area contributed by atoms with Crippen molar-refractivity contribution < 1.29 is 4.79 Å². The predicted molar refractivity (Wildman–Crippen MR) is 70.1 cm³/mol. The lowest BCUT2D eigenvalue weighted by atomic mass is 9.88. The van der Waals surface area contributed by atoms with Crippen LogP contribution in [0.3, 0.4) is 0 Å². The molecule has 0 saturated heterocycles. The quantitative estimate of drug-likeness (QED) is 0.741. The maximum absolute atomic E-state index is 12.0. The van der Waals surface area contributed by atoms with Crippen molar-refractivity contribution in [3.05, 3.63) is 0 Å². The second-order valence-corrected chi connectivity index (χ2v) is 5.44. The molecule has 4 heteroatoms. The largest absolute Gasteiger partial charge is 0.392 e. The van der Waals surface area contributed by atoms with Gasteiger partial charge in [-0.2, -0.15) is 0 Å². The van der Waals surface area contributed by atoms with Crippen LogP contribution in [0, 0.1) is 11.8 Å². The van der Waals surface area contributed by atoms with Crippen LogP contribution in [0.4, 0.5) is 0 Å². The zero-order chi connectivity index (χ0) is 12.1. The second-order valence-electron chi connectivity index (χ2n) is 4.97. The van der Waals surface area contributed by atoms with Crippen LogP contribution in [0.25, 0.3) is 0 Å². The van der Waals surface area contributed by atoms with Crippen molar-refractivity contribution in [2.24, 2.45) is 17.6 Å². The zero-order valence-electron chi connectivity index (χ0n) is 10.2. The van der Waals surface area contributed by atoms with Crippen LogP contribution < -0.4 is 11.1 Å². The monoisotopic (exact) mass is 242 g/mol. The number of nitrogens with two attached hydrogens (primary N) is 1. The number of amides is 1. The van der Waals surface area contributed by atoms with Crippen molar-refractivity contribution in [1.82, 2.24) is 5.32 Å². The fourth-order valence-corrected chi connectivity index (χ4v) is 2.53. The summed E-state index contributed by atoms with van der Waals surface area (Å²) in [7, 11) is 0. The van der Waals surface area contributed by atoms with Gasteiger partial charge in [0.15, 0.2) is 0 Å². The molecule has 1 atom stereocenters. The molecule has 0 aromatic heterocycles. The van der Waals surface area contributed by atoms with Gasteiger partial charge in [0.1, 0.15) is 0 Å². The Balaban J connectivity index is 2.50. The molecule has 0 heterocycles. The number of hydrogen-bond acceptors (Lipinski definition) is 2. The summed E-state index contributed by atoms with van der Waals surface area (Å²) in [5, 5.41) is 2.98. The summed E-state index contributed by atoms with van der Waals surface area (Å²) >= 11 is 4.98. The van der Waals surface area contributed by atoms with E-state index in [1.165, 1.54) is 6.42 Å². The zero-order valence-corrected chi connectivity index (χ0v) is 11.0. The van der Waals surface area contributed by atoms with E-state index in [9.17, 15) is 4.79 Å². The van der Waals surface area contributed by atoms with Crippen molar-refractivity contribution in [1.29, 1.82) is 0 Å². The minimum Gasteiger partial charge on any atom is -0.392 e. The third kappa shape index (κ3) is 3.74. The van der Waals surface area contributed by atoms with Crippen molar-refractivity contribution in [3.63, 3.8) is 0 Å². The minimum absolute atomic E-state index is 0.131. The average molecular weight is 242 g/mol.